The van der Waals surface area contributed by atoms with E-state index in [-0.39, 0.29) is 24.2 Å². The Morgan fingerprint density at radius 1 is 1.36 bits per heavy atom. The van der Waals surface area contributed by atoms with Gasteiger partial charge in [-0.25, -0.2) is 0 Å². The van der Waals surface area contributed by atoms with Crippen LogP contribution in [0.4, 0.5) is 0 Å². The summed E-state index contributed by atoms with van der Waals surface area (Å²) in [5.74, 6) is -0.820. The average Bonchev–Trinajstić information content (AvgIpc) is 2.64. The van der Waals surface area contributed by atoms with E-state index in [9.17, 15) is 14.4 Å². The first-order valence-corrected chi connectivity index (χ1v) is 7.38. The Hall–Kier alpha value is -2.37. The van der Waals surface area contributed by atoms with Gasteiger partial charge in [-0.05, 0) is 30.6 Å². The molecule has 0 radical (unpaired) electrons. The predicted molar refractivity (Wildman–Crippen MR) is 82.2 cm³/mol. The number of allylic oxidation sites excluding steroid dienone is 3. The fourth-order valence-electron chi connectivity index (χ4n) is 2.38. The van der Waals surface area contributed by atoms with Crippen LogP contribution in [0.3, 0.4) is 0 Å². The van der Waals surface area contributed by atoms with Crippen molar-refractivity contribution in [2.45, 2.75) is 39.2 Å². The minimum Gasteiger partial charge on any atom is -0.402 e. The van der Waals surface area contributed by atoms with Crippen LogP contribution in [0.1, 0.15) is 33.1 Å². The number of imide groups is 1. The molecule has 118 valence electrons. The number of hydrogen-bond acceptors (Lipinski definition) is 4. The van der Waals surface area contributed by atoms with Crippen molar-refractivity contribution in [2.24, 2.45) is 11.7 Å². The average molecular weight is 303 g/mol. The van der Waals surface area contributed by atoms with Gasteiger partial charge in [-0.15, -0.1) is 0 Å². The van der Waals surface area contributed by atoms with Crippen molar-refractivity contribution in [3.63, 3.8) is 0 Å². The number of rotatable bonds is 3. The summed E-state index contributed by atoms with van der Waals surface area (Å²) in [6.07, 6.45) is 6.38. The van der Waals surface area contributed by atoms with Crippen molar-refractivity contribution in [3.8, 4) is 0 Å². The fraction of sp³-hybridized carbons (Fsp3) is 0.438. The lowest BCUT2D eigenvalue weighted by atomic mass is 9.97. The lowest BCUT2D eigenvalue weighted by Crippen LogP contribution is -2.52. The first kappa shape index (κ1) is 16.0. The van der Waals surface area contributed by atoms with Gasteiger partial charge in [0.25, 0.3) is 5.91 Å². The zero-order valence-corrected chi connectivity index (χ0v) is 12.8. The summed E-state index contributed by atoms with van der Waals surface area (Å²) in [4.78, 5) is 35.2. The third-order valence-corrected chi connectivity index (χ3v) is 3.77. The van der Waals surface area contributed by atoms with E-state index in [0.29, 0.717) is 24.1 Å². The van der Waals surface area contributed by atoms with E-state index in [0.717, 1.165) is 5.57 Å². The van der Waals surface area contributed by atoms with Gasteiger partial charge in [0.1, 0.15) is 6.04 Å². The Kier molecular flexibility index (Phi) is 4.80. The molecule has 0 bridgehead atoms. The molecule has 1 heterocycles. The number of carbonyl (C=O) groups is 3. The molecule has 1 unspecified atom stereocenters. The van der Waals surface area contributed by atoms with E-state index in [1.54, 1.807) is 12.2 Å². The Morgan fingerprint density at radius 3 is 2.73 bits per heavy atom. The second kappa shape index (κ2) is 6.60. The topological polar surface area (TPSA) is 101 Å². The summed E-state index contributed by atoms with van der Waals surface area (Å²) in [6, 6.07) is -0.674. The second-order valence-corrected chi connectivity index (χ2v) is 5.89. The van der Waals surface area contributed by atoms with Gasteiger partial charge in [0.05, 0.1) is 0 Å². The van der Waals surface area contributed by atoms with Gasteiger partial charge in [-0.3, -0.25) is 19.7 Å². The third-order valence-electron chi connectivity index (χ3n) is 3.77. The molecule has 0 aromatic carbocycles. The van der Waals surface area contributed by atoms with Crippen molar-refractivity contribution in [1.29, 1.82) is 0 Å². The van der Waals surface area contributed by atoms with Gasteiger partial charge in [-0.2, -0.15) is 0 Å². The molecular weight excluding hydrogens is 282 g/mol. The van der Waals surface area contributed by atoms with Crippen LogP contribution in [0.2, 0.25) is 0 Å². The first-order chi connectivity index (χ1) is 10.4. The molecule has 1 saturated heterocycles. The lowest BCUT2D eigenvalue weighted by molar-refractivity contribution is -0.136. The van der Waals surface area contributed by atoms with Crippen molar-refractivity contribution < 1.29 is 14.4 Å². The number of nitrogens with one attached hydrogen (secondary N) is 2. The van der Waals surface area contributed by atoms with Gasteiger partial charge in [-0.1, -0.05) is 19.4 Å². The maximum atomic E-state index is 12.4. The van der Waals surface area contributed by atoms with Crippen LogP contribution in [-0.4, -0.2) is 23.8 Å². The standard InChI is InChI=1S/C16H21N3O3/c1-9(2)11-7-10(3-4-12(17)8-11)15(21)18-13-5-6-14(20)19-16(13)22/h3-4,7,9,13H,5-6,8,17H2,1-2H3,(H,18,21)(H,19,20,22). The summed E-state index contributed by atoms with van der Waals surface area (Å²) in [6.45, 7) is 4.08. The Labute approximate surface area is 129 Å². The van der Waals surface area contributed by atoms with Crippen LogP contribution in [0.15, 0.2) is 35.1 Å². The lowest BCUT2D eigenvalue weighted by Gasteiger charge is -2.22. The van der Waals surface area contributed by atoms with Gasteiger partial charge >= 0.3 is 0 Å². The second-order valence-electron chi connectivity index (χ2n) is 5.89. The molecule has 1 aliphatic carbocycles. The summed E-state index contributed by atoms with van der Waals surface area (Å²) in [7, 11) is 0. The predicted octanol–water partition coefficient (Wildman–Crippen LogP) is 0.663. The molecule has 0 saturated carbocycles. The van der Waals surface area contributed by atoms with E-state index in [1.165, 1.54) is 0 Å². The zero-order valence-electron chi connectivity index (χ0n) is 12.8. The van der Waals surface area contributed by atoms with Crippen molar-refractivity contribution in [1.82, 2.24) is 10.6 Å². The number of hydrogen-bond donors (Lipinski definition) is 3. The third kappa shape index (κ3) is 3.84. The minimum atomic E-state index is -0.674. The van der Waals surface area contributed by atoms with Crippen molar-refractivity contribution >= 4 is 17.7 Å². The number of carbonyl (C=O) groups excluding carboxylic acids is 3. The van der Waals surface area contributed by atoms with E-state index in [4.69, 9.17) is 5.73 Å². The summed E-state index contributed by atoms with van der Waals surface area (Å²) >= 11 is 0. The number of nitrogens with two attached hydrogens (primary N) is 1. The SMILES string of the molecule is CC(C)C1=CC(C(=O)NC2CCC(=O)NC2=O)=CC=C(N)C1. The molecule has 6 nitrogen and oxygen atoms in total. The largest absolute Gasteiger partial charge is 0.402 e. The van der Waals surface area contributed by atoms with Gasteiger partial charge in [0.2, 0.25) is 11.8 Å². The monoisotopic (exact) mass is 303 g/mol. The van der Waals surface area contributed by atoms with Crippen molar-refractivity contribution in [3.05, 3.63) is 35.1 Å². The highest BCUT2D eigenvalue weighted by Gasteiger charge is 2.28. The molecule has 1 atom stereocenters. The molecule has 0 spiro atoms. The van der Waals surface area contributed by atoms with Gasteiger partial charge < -0.3 is 11.1 Å². The van der Waals surface area contributed by atoms with Crippen LogP contribution >= 0.6 is 0 Å². The van der Waals surface area contributed by atoms with Gasteiger partial charge in [0.15, 0.2) is 0 Å². The molecule has 1 fully saturated rings. The molecule has 6 heteroatoms. The number of amides is 3. The molecule has 22 heavy (non-hydrogen) atoms. The van der Waals surface area contributed by atoms with Crippen LogP contribution in [0.25, 0.3) is 0 Å². The van der Waals surface area contributed by atoms with Crippen molar-refractivity contribution in [2.75, 3.05) is 0 Å². The normalized spacial score (nSPS) is 22.3. The van der Waals surface area contributed by atoms with E-state index in [1.807, 2.05) is 19.9 Å². The van der Waals surface area contributed by atoms with Gasteiger partial charge in [0, 0.05) is 24.1 Å². The quantitative estimate of drug-likeness (QED) is 0.667. The van der Waals surface area contributed by atoms with E-state index in [2.05, 4.69) is 10.6 Å². The molecule has 3 amide bonds. The highest BCUT2D eigenvalue weighted by molar-refractivity contribution is 6.04. The Morgan fingerprint density at radius 2 is 2.09 bits per heavy atom. The number of piperidine rings is 1. The Bertz CT molecular complexity index is 600. The maximum Gasteiger partial charge on any atom is 0.251 e. The van der Waals surface area contributed by atoms with Crippen LogP contribution < -0.4 is 16.4 Å². The highest BCUT2D eigenvalue weighted by Crippen LogP contribution is 2.22. The Balaban J connectivity index is 2.12. The molecule has 2 aliphatic rings. The molecule has 0 aromatic heterocycles. The minimum absolute atomic E-state index is 0.232. The molecule has 1 aliphatic heterocycles. The first-order valence-electron chi connectivity index (χ1n) is 7.38. The summed E-state index contributed by atoms with van der Waals surface area (Å²) in [5, 5.41) is 4.90. The zero-order chi connectivity index (χ0) is 16.3. The smallest absolute Gasteiger partial charge is 0.251 e. The molecule has 2 rings (SSSR count). The fourth-order valence-corrected chi connectivity index (χ4v) is 2.38. The highest BCUT2D eigenvalue weighted by atomic mass is 16.2. The van der Waals surface area contributed by atoms with E-state index >= 15 is 0 Å². The summed E-state index contributed by atoms with van der Waals surface area (Å²) in [5.41, 5.74) is 8.12. The molecular formula is C16H21N3O3. The van der Waals surface area contributed by atoms with E-state index < -0.39 is 11.9 Å². The molecule has 4 N–H and O–H groups in total. The van der Waals surface area contributed by atoms with Crippen LogP contribution in [0, 0.1) is 5.92 Å². The summed E-state index contributed by atoms with van der Waals surface area (Å²) < 4.78 is 0. The van der Waals surface area contributed by atoms with Crippen LogP contribution in [-0.2, 0) is 14.4 Å². The maximum absolute atomic E-state index is 12.4. The van der Waals surface area contributed by atoms with Crippen LogP contribution in [0.5, 0.6) is 0 Å². The molecule has 0 aromatic rings.